The van der Waals surface area contributed by atoms with Gasteiger partial charge < -0.3 is 19.7 Å². The van der Waals surface area contributed by atoms with Gasteiger partial charge in [0.2, 0.25) is 0 Å². The van der Waals surface area contributed by atoms with Gasteiger partial charge in [0, 0.05) is 18.1 Å². The summed E-state index contributed by atoms with van der Waals surface area (Å²) in [5, 5.41) is 15.5. The summed E-state index contributed by atoms with van der Waals surface area (Å²) >= 11 is 0. The van der Waals surface area contributed by atoms with Crippen LogP contribution in [0, 0.1) is 0 Å². The van der Waals surface area contributed by atoms with Crippen molar-refractivity contribution in [3.63, 3.8) is 0 Å². The summed E-state index contributed by atoms with van der Waals surface area (Å²) in [6.45, 7) is 6.47. The van der Waals surface area contributed by atoms with Crippen LogP contribution in [0.15, 0.2) is 10.6 Å². The molecule has 0 saturated carbocycles. The van der Waals surface area contributed by atoms with Gasteiger partial charge in [-0.05, 0) is 6.42 Å². The molecule has 2 heterocycles. The lowest BCUT2D eigenvalue weighted by atomic mass is 9.92. The molecule has 1 atom stereocenters. The number of hydrogen-bond acceptors (Lipinski definition) is 5. The Morgan fingerprint density at radius 1 is 1.48 bits per heavy atom. The number of carbonyl (C=O) groups is 2. The van der Waals surface area contributed by atoms with Gasteiger partial charge in [0.25, 0.3) is 5.91 Å². The smallest absolute Gasteiger partial charge is 0.305 e. The molecule has 1 fully saturated rings. The molecule has 0 bridgehead atoms. The van der Waals surface area contributed by atoms with Gasteiger partial charge in [0.05, 0.1) is 18.6 Å². The third-order valence-corrected chi connectivity index (χ3v) is 3.45. The molecule has 1 aliphatic heterocycles. The number of nitrogens with one attached hydrogen (secondary N) is 1. The number of rotatable bonds is 4. The molecule has 21 heavy (non-hydrogen) atoms. The lowest BCUT2D eigenvalue weighted by Gasteiger charge is -2.26. The number of hydrogen-bond donors (Lipinski definition) is 2. The molecule has 7 heteroatoms. The maximum Gasteiger partial charge on any atom is 0.305 e. The number of carboxylic acids is 1. The largest absolute Gasteiger partial charge is 0.481 e. The van der Waals surface area contributed by atoms with Crippen LogP contribution in [0.2, 0.25) is 0 Å². The molecule has 0 radical (unpaired) electrons. The molecule has 1 aliphatic rings. The van der Waals surface area contributed by atoms with Crippen molar-refractivity contribution in [3.8, 4) is 0 Å². The first-order valence-electron chi connectivity index (χ1n) is 6.81. The first-order valence-corrected chi connectivity index (χ1v) is 6.81. The quantitative estimate of drug-likeness (QED) is 0.869. The molecular weight excluding hydrogens is 276 g/mol. The number of nitrogens with zero attached hydrogens (tertiary/aromatic N) is 1. The Bertz CT molecular complexity index is 538. The van der Waals surface area contributed by atoms with Crippen molar-refractivity contribution in [2.45, 2.75) is 44.6 Å². The van der Waals surface area contributed by atoms with E-state index in [4.69, 9.17) is 14.4 Å². The van der Waals surface area contributed by atoms with E-state index in [2.05, 4.69) is 10.5 Å². The van der Waals surface area contributed by atoms with Crippen LogP contribution in [-0.2, 0) is 14.9 Å². The van der Waals surface area contributed by atoms with E-state index < -0.39 is 17.4 Å². The van der Waals surface area contributed by atoms with E-state index in [1.165, 1.54) is 0 Å². The SMILES string of the molecule is CC(C)(C)c1cc(C(=O)NC2(CC(=O)O)CCOC2)no1. The van der Waals surface area contributed by atoms with Gasteiger partial charge in [-0.2, -0.15) is 0 Å². The topological polar surface area (TPSA) is 102 Å². The highest BCUT2D eigenvalue weighted by atomic mass is 16.5. The van der Waals surface area contributed by atoms with Crippen LogP contribution in [0.5, 0.6) is 0 Å². The van der Waals surface area contributed by atoms with E-state index in [0.717, 1.165) is 0 Å². The fourth-order valence-corrected chi connectivity index (χ4v) is 2.22. The predicted octanol–water partition coefficient (Wildman–Crippen LogP) is 1.34. The van der Waals surface area contributed by atoms with Gasteiger partial charge in [0.15, 0.2) is 5.69 Å². The Kier molecular flexibility index (Phi) is 4.04. The molecule has 0 aliphatic carbocycles. The summed E-state index contributed by atoms with van der Waals surface area (Å²) in [4.78, 5) is 23.2. The number of aliphatic carboxylic acids is 1. The maximum atomic E-state index is 12.2. The van der Waals surface area contributed by atoms with Crippen LogP contribution in [0.1, 0.15) is 49.9 Å². The minimum atomic E-state index is -0.976. The zero-order valence-electron chi connectivity index (χ0n) is 12.4. The second kappa shape index (κ2) is 5.48. The van der Waals surface area contributed by atoms with Crippen molar-refractivity contribution in [2.75, 3.05) is 13.2 Å². The van der Waals surface area contributed by atoms with Gasteiger partial charge in [0.1, 0.15) is 5.76 Å². The molecular formula is C14H20N2O5. The van der Waals surface area contributed by atoms with E-state index >= 15 is 0 Å². The first kappa shape index (κ1) is 15.5. The number of carbonyl (C=O) groups excluding carboxylic acids is 1. The molecule has 116 valence electrons. The summed E-state index contributed by atoms with van der Waals surface area (Å²) in [5.74, 6) is -0.820. The minimum absolute atomic E-state index is 0.150. The average molecular weight is 296 g/mol. The molecule has 2 N–H and O–H groups in total. The second-order valence-electron chi connectivity index (χ2n) is 6.43. The normalized spacial score (nSPS) is 22.2. The predicted molar refractivity (Wildman–Crippen MR) is 73.1 cm³/mol. The molecule has 0 spiro atoms. The second-order valence-corrected chi connectivity index (χ2v) is 6.43. The van der Waals surface area contributed by atoms with Crippen molar-refractivity contribution in [1.82, 2.24) is 10.5 Å². The molecule has 1 unspecified atom stereocenters. The van der Waals surface area contributed by atoms with Crippen LogP contribution >= 0.6 is 0 Å². The lowest BCUT2D eigenvalue weighted by Crippen LogP contribution is -2.50. The third kappa shape index (κ3) is 3.60. The highest BCUT2D eigenvalue weighted by Crippen LogP contribution is 2.25. The Hall–Kier alpha value is -1.89. The number of amides is 1. The van der Waals surface area contributed by atoms with Crippen molar-refractivity contribution in [2.24, 2.45) is 0 Å². The summed E-state index contributed by atoms with van der Waals surface area (Å²) in [6, 6.07) is 1.58. The zero-order chi connectivity index (χ0) is 15.7. The molecule has 0 aromatic carbocycles. The van der Waals surface area contributed by atoms with Crippen molar-refractivity contribution in [3.05, 3.63) is 17.5 Å². The molecule has 2 rings (SSSR count). The average Bonchev–Trinajstić information content (AvgIpc) is 2.95. The summed E-state index contributed by atoms with van der Waals surface area (Å²) in [7, 11) is 0. The highest BCUT2D eigenvalue weighted by molar-refractivity contribution is 5.93. The maximum absolute atomic E-state index is 12.2. The van der Waals surface area contributed by atoms with Gasteiger partial charge in [-0.1, -0.05) is 25.9 Å². The summed E-state index contributed by atoms with van der Waals surface area (Å²) in [5.41, 5.74) is -0.971. The number of carboxylic acid groups (broad SMARTS) is 1. The van der Waals surface area contributed by atoms with Gasteiger partial charge >= 0.3 is 5.97 Å². The van der Waals surface area contributed by atoms with Crippen LogP contribution in [0.4, 0.5) is 0 Å². The fourth-order valence-electron chi connectivity index (χ4n) is 2.22. The first-order chi connectivity index (χ1) is 9.72. The number of aromatic nitrogens is 1. The third-order valence-electron chi connectivity index (χ3n) is 3.45. The van der Waals surface area contributed by atoms with E-state index in [9.17, 15) is 9.59 Å². The fraction of sp³-hybridized carbons (Fsp3) is 0.643. The van der Waals surface area contributed by atoms with E-state index in [-0.39, 0.29) is 24.1 Å². The minimum Gasteiger partial charge on any atom is -0.481 e. The Morgan fingerprint density at radius 2 is 2.19 bits per heavy atom. The Morgan fingerprint density at radius 3 is 2.67 bits per heavy atom. The van der Waals surface area contributed by atoms with Crippen LogP contribution in [-0.4, -0.2) is 40.9 Å². The highest BCUT2D eigenvalue weighted by Gasteiger charge is 2.39. The van der Waals surface area contributed by atoms with Crippen molar-refractivity contribution in [1.29, 1.82) is 0 Å². The summed E-state index contributed by atoms with van der Waals surface area (Å²) in [6.07, 6.45) is 0.289. The van der Waals surface area contributed by atoms with Crippen LogP contribution in [0.25, 0.3) is 0 Å². The van der Waals surface area contributed by atoms with E-state index in [0.29, 0.717) is 18.8 Å². The standard InChI is InChI=1S/C14H20N2O5/c1-13(2,3)10-6-9(16-21-10)12(19)15-14(7-11(17)18)4-5-20-8-14/h6H,4-5,7-8H2,1-3H3,(H,15,19)(H,17,18). The van der Waals surface area contributed by atoms with E-state index in [1.54, 1.807) is 6.07 Å². The lowest BCUT2D eigenvalue weighted by molar-refractivity contribution is -0.138. The van der Waals surface area contributed by atoms with Crippen molar-refractivity contribution < 1.29 is 24.0 Å². The monoisotopic (exact) mass is 296 g/mol. The van der Waals surface area contributed by atoms with Gasteiger partial charge in [-0.3, -0.25) is 9.59 Å². The van der Waals surface area contributed by atoms with Crippen LogP contribution in [0.3, 0.4) is 0 Å². The summed E-state index contributed by atoms with van der Waals surface area (Å²) < 4.78 is 10.4. The zero-order valence-corrected chi connectivity index (χ0v) is 12.4. The molecule has 7 nitrogen and oxygen atoms in total. The number of ether oxygens (including phenoxy) is 1. The van der Waals surface area contributed by atoms with Gasteiger partial charge in [-0.15, -0.1) is 0 Å². The molecule has 1 saturated heterocycles. The Labute approximate surface area is 122 Å². The Balaban J connectivity index is 2.12. The van der Waals surface area contributed by atoms with Crippen LogP contribution < -0.4 is 5.32 Å². The van der Waals surface area contributed by atoms with Crippen molar-refractivity contribution >= 4 is 11.9 Å². The van der Waals surface area contributed by atoms with Gasteiger partial charge in [-0.25, -0.2) is 0 Å². The van der Waals surface area contributed by atoms with E-state index in [1.807, 2.05) is 20.8 Å². The molecule has 1 aromatic heterocycles. The molecule has 1 aromatic rings. The molecule has 1 amide bonds.